The smallest absolute Gasteiger partial charge is 0.255 e. The van der Waals surface area contributed by atoms with Gasteiger partial charge in [-0.3, -0.25) is 19.7 Å². The van der Waals surface area contributed by atoms with Crippen molar-refractivity contribution in [2.45, 2.75) is 69.6 Å². The van der Waals surface area contributed by atoms with Crippen LogP contribution in [0.4, 0.5) is 0 Å². The minimum Gasteiger partial charge on any atom is -0.396 e. The summed E-state index contributed by atoms with van der Waals surface area (Å²) in [6.07, 6.45) is 6.10. The molecule has 4 aliphatic rings. The summed E-state index contributed by atoms with van der Waals surface area (Å²) in [6.45, 7) is 1.43. The van der Waals surface area contributed by atoms with Gasteiger partial charge in [0.2, 0.25) is 11.8 Å². The van der Waals surface area contributed by atoms with Crippen LogP contribution in [0.25, 0.3) is 0 Å². The molecule has 0 radical (unpaired) electrons. The van der Waals surface area contributed by atoms with E-state index in [0.717, 1.165) is 49.8 Å². The maximum atomic E-state index is 12.8. The van der Waals surface area contributed by atoms with Crippen molar-refractivity contribution in [1.29, 1.82) is 0 Å². The molecule has 1 aromatic rings. The van der Waals surface area contributed by atoms with Gasteiger partial charge in [0.05, 0.1) is 0 Å². The molecule has 154 valence electrons. The summed E-state index contributed by atoms with van der Waals surface area (Å²) in [7, 11) is 0. The highest BCUT2D eigenvalue weighted by atomic mass is 16.3. The maximum Gasteiger partial charge on any atom is 0.255 e. The number of carbonyl (C=O) groups excluding carboxylic acids is 3. The summed E-state index contributed by atoms with van der Waals surface area (Å²) in [5.41, 5.74) is 2.98. The molecule has 3 amide bonds. The van der Waals surface area contributed by atoms with E-state index < -0.39 is 6.04 Å². The lowest BCUT2D eigenvalue weighted by Gasteiger charge is -2.29. The van der Waals surface area contributed by atoms with E-state index in [4.69, 9.17) is 0 Å². The van der Waals surface area contributed by atoms with E-state index in [2.05, 4.69) is 16.7 Å². The monoisotopic (exact) mass is 397 g/mol. The van der Waals surface area contributed by atoms with Gasteiger partial charge in [0.25, 0.3) is 5.91 Å². The number of rotatable bonds is 5. The highest BCUT2D eigenvalue weighted by Gasteiger charge is 2.53. The first-order valence-electron chi connectivity index (χ1n) is 10.6. The molecule has 2 heterocycles. The fraction of sp³-hybridized carbons (Fsp3) is 0.591. The van der Waals surface area contributed by atoms with E-state index in [1.807, 2.05) is 12.1 Å². The Morgan fingerprint density at radius 3 is 2.66 bits per heavy atom. The molecular formula is C22H27N3O4. The van der Waals surface area contributed by atoms with Crippen LogP contribution >= 0.6 is 0 Å². The zero-order valence-electron chi connectivity index (χ0n) is 16.5. The third kappa shape index (κ3) is 3.07. The van der Waals surface area contributed by atoms with E-state index in [9.17, 15) is 19.5 Å². The van der Waals surface area contributed by atoms with Gasteiger partial charge in [-0.2, -0.15) is 0 Å². The number of piperidine rings is 1. The molecule has 7 nitrogen and oxygen atoms in total. The second kappa shape index (κ2) is 6.64. The van der Waals surface area contributed by atoms with Gasteiger partial charge in [0, 0.05) is 37.2 Å². The normalized spacial score (nSPS) is 33.3. The Labute approximate surface area is 169 Å². The lowest BCUT2D eigenvalue weighted by atomic mass is 9.85. The van der Waals surface area contributed by atoms with Crippen molar-refractivity contribution >= 4 is 17.7 Å². The second-order valence-corrected chi connectivity index (χ2v) is 9.36. The van der Waals surface area contributed by atoms with Gasteiger partial charge < -0.3 is 15.3 Å². The first-order valence-corrected chi connectivity index (χ1v) is 10.6. The Bertz CT molecular complexity index is 888. The first kappa shape index (κ1) is 18.8. The first-order chi connectivity index (χ1) is 13.9. The number of nitrogens with zero attached hydrogens (tertiary/aromatic N) is 1. The van der Waals surface area contributed by atoms with Crippen LogP contribution in [0.1, 0.15) is 66.4 Å². The molecule has 1 saturated heterocycles. The third-order valence-electron chi connectivity index (χ3n) is 7.57. The zero-order valence-corrected chi connectivity index (χ0v) is 16.5. The maximum absolute atomic E-state index is 12.8. The van der Waals surface area contributed by atoms with E-state index in [1.54, 1.807) is 4.90 Å². The standard InChI is InChI=1S/C22H27N3O4/c26-13-21-5-7-22(12-21,8-6-21)23-10-14-1-2-16-15(9-14)11-25(20(16)29)17-3-4-18(27)24-19(17)28/h1-2,9,17,23,26H,3-8,10-13H2,(H,24,27,28). The Balaban J connectivity index is 1.27. The van der Waals surface area contributed by atoms with Crippen molar-refractivity contribution in [3.63, 3.8) is 0 Å². The molecule has 3 fully saturated rings. The topological polar surface area (TPSA) is 98.7 Å². The molecule has 7 heteroatoms. The molecule has 2 aliphatic heterocycles. The van der Waals surface area contributed by atoms with Crippen LogP contribution in [-0.2, 0) is 22.7 Å². The molecule has 1 unspecified atom stereocenters. The van der Waals surface area contributed by atoms with Crippen molar-refractivity contribution in [2.24, 2.45) is 5.41 Å². The Morgan fingerprint density at radius 1 is 1.17 bits per heavy atom. The van der Waals surface area contributed by atoms with E-state index >= 15 is 0 Å². The highest BCUT2D eigenvalue weighted by Crippen LogP contribution is 2.56. The fourth-order valence-electron chi connectivity index (χ4n) is 5.81. The number of nitrogens with one attached hydrogen (secondary N) is 2. The molecule has 5 rings (SSSR count). The molecule has 2 aliphatic carbocycles. The number of aliphatic hydroxyl groups excluding tert-OH is 1. The molecule has 2 bridgehead atoms. The summed E-state index contributed by atoms with van der Waals surface area (Å²) in [4.78, 5) is 38.0. The van der Waals surface area contributed by atoms with Gasteiger partial charge in [-0.1, -0.05) is 12.1 Å². The molecule has 1 aromatic carbocycles. The van der Waals surface area contributed by atoms with Gasteiger partial charge in [-0.25, -0.2) is 0 Å². The number of aliphatic hydroxyl groups is 1. The second-order valence-electron chi connectivity index (χ2n) is 9.36. The lowest BCUT2D eigenvalue weighted by Crippen LogP contribution is -2.52. The predicted octanol–water partition coefficient (Wildman–Crippen LogP) is 1.23. The van der Waals surface area contributed by atoms with Crippen molar-refractivity contribution in [2.75, 3.05) is 6.61 Å². The van der Waals surface area contributed by atoms with Gasteiger partial charge >= 0.3 is 0 Å². The predicted molar refractivity (Wildman–Crippen MR) is 105 cm³/mol. The Hall–Kier alpha value is -2.25. The molecule has 0 aromatic heterocycles. The lowest BCUT2D eigenvalue weighted by molar-refractivity contribution is -0.136. The van der Waals surface area contributed by atoms with Gasteiger partial charge in [0.1, 0.15) is 6.04 Å². The van der Waals surface area contributed by atoms with Crippen molar-refractivity contribution in [1.82, 2.24) is 15.5 Å². The molecule has 29 heavy (non-hydrogen) atoms. The van der Waals surface area contributed by atoms with Crippen molar-refractivity contribution < 1.29 is 19.5 Å². The molecule has 0 spiro atoms. The number of fused-ring (bicyclic) bond motifs is 3. The van der Waals surface area contributed by atoms with Crippen LogP contribution in [0.3, 0.4) is 0 Å². The molecule has 2 saturated carbocycles. The fourth-order valence-corrected chi connectivity index (χ4v) is 5.81. The van der Waals surface area contributed by atoms with Crippen LogP contribution in [-0.4, -0.2) is 45.9 Å². The Morgan fingerprint density at radius 2 is 1.97 bits per heavy atom. The summed E-state index contributed by atoms with van der Waals surface area (Å²) >= 11 is 0. The van der Waals surface area contributed by atoms with Gasteiger partial charge in [-0.05, 0) is 61.1 Å². The SMILES string of the molecule is O=C1CCC(N2Cc3cc(CNC45CCC(CO)(CC4)C5)ccc3C2=O)C(=O)N1. The van der Waals surface area contributed by atoms with Crippen LogP contribution in [0.5, 0.6) is 0 Å². The summed E-state index contributed by atoms with van der Waals surface area (Å²) in [6, 6.07) is 5.33. The number of imide groups is 1. The molecule has 3 N–H and O–H groups in total. The summed E-state index contributed by atoms with van der Waals surface area (Å²) in [5, 5.41) is 15.8. The number of amides is 3. The highest BCUT2D eigenvalue weighted by molar-refractivity contribution is 6.05. The van der Waals surface area contributed by atoms with E-state index in [0.29, 0.717) is 18.5 Å². The quantitative estimate of drug-likeness (QED) is 0.649. The minimum atomic E-state index is -0.573. The average molecular weight is 397 g/mol. The number of benzene rings is 1. The van der Waals surface area contributed by atoms with Crippen molar-refractivity contribution in [3.05, 3.63) is 34.9 Å². The van der Waals surface area contributed by atoms with Crippen molar-refractivity contribution in [3.8, 4) is 0 Å². The zero-order chi connectivity index (χ0) is 20.2. The van der Waals surface area contributed by atoms with Gasteiger partial charge in [-0.15, -0.1) is 0 Å². The largest absolute Gasteiger partial charge is 0.396 e. The third-order valence-corrected chi connectivity index (χ3v) is 7.57. The summed E-state index contributed by atoms with van der Waals surface area (Å²) in [5.74, 6) is -0.780. The number of carbonyl (C=O) groups is 3. The molecule has 1 atom stereocenters. The Kier molecular flexibility index (Phi) is 4.29. The van der Waals surface area contributed by atoms with E-state index in [1.165, 1.54) is 0 Å². The molecular weight excluding hydrogens is 370 g/mol. The number of hydrogen-bond donors (Lipinski definition) is 3. The van der Waals surface area contributed by atoms with Crippen LogP contribution in [0, 0.1) is 5.41 Å². The van der Waals surface area contributed by atoms with Crippen LogP contribution in [0.15, 0.2) is 18.2 Å². The minimum absolute atomic E-state index is 0.125. The van der Waals surface area contributed by atoms with Crippen LogP contribution in [0.2, 0.25) is 0 Å². The van der Waals surface area contributed by atoms with E-state index in [-0.39, 0.29) is 41.7 Å². The van der Waals surface area contributed by atoms with Crippen LogP contribution < -0.4 is 10.6 Å². The summed E-state index contributed by atoms with van der Waals surface area (Å²) < 4.78 is 0. The van der Waals surface area contributed by atoms with Gasteiger partial charge in [0.15, 0.2) is 0 Å². The number of hydrogen-bond acceptors (Lipinski definition) is 5. The average Bonchev–Trinajstić information content (AvgIpc) is 3.37.